The van der Waals surface area contributed by atoms with Crippen molar-refractivity contribution in [2.45, 2.75) is 0 Å². The molecule has 8 heteroatoms. The monoisotopic (exact) mass is 421 g/mol. The molecule has 158 valence electrons. The van der Waals surface area contributed by atoms with Gasteiger partial charge in [0.15, 0.2) is 11.5 Å². The van der Waals surface area contributed by atoms with Crippen molar-refractivity contribution in [3.8, 4) is 11.5 Å². The van der Waals surface area contributed by atoms with Crippen LogP contribution in [-0.2, 0) is 0 Å². The van der Waals surface area contributed by atoms with Gasteiger partial charge in [0.2, 0.25) is 0 Å². The molecule has 0 heterocycles. The number of nitrogens with zero attached hydrogens (tertiary/aromatic N) is 1. The predicted octanol–water partition coefficient (Wildman–Crippen LogP) is 3.86. The maximum Gasteiger partial charge on any atom is 0.273 e. The topological polar surface area (TPSA) is 89.0 Å². The highest BCUT2D eigenvalue weighted by Gasteiger charge is 2.15. The molecule has 0 aliphatic carbocycles. The molecule has 3 aromatic rings. The Kier molecular flexibility index (Phi) is 6.95. The minimum absolute atomic E-state index is 0.229. The van der Waals surface area contributed by atoms with Crippen molar-refractivity contribution in [3.63, 3.8) is 0 Å². The normalized spacial score (nSPS) is 10.5. The number of methoxy groups -OCH3 is 2. The Hall–Kier alpha value is -4.20. The van der Waals surface area contributed by atoms with Gasteiger partial charge >= 0.3 is 0 Å². The van der Waals surface area contributed by atoms with Crippen molar-refractivity contribution >= 4 is 23.7 Å². The van der Waals surface area contributed by atoms with E-state index in [0.717, 1.165) is 0 Å². The average Bonchev–Trinajstić information content (AvgIpc) is 2.80. The van der Waals surface area contributed by atoms with Gasteiger partial charge in [-0.3, -0.25) is 9.59 Å². The van der Waals surface area contributed by atoms with Crippen molar-refractivity contribution in [2.75, 3.05) is 19.5 Å². The second-order valence-electron chi connectivity index (χ2n) is 6.32. The van der Waals surface area contributed by atoms with Crippen molar-refractivity contribution in [1.82, 2.24) is 5.43 Å². The quantitative estimate of drug-likeness (QED) is 0.448. The van der Waals surface area contributed by atoms with Crippen LogP contribution in [0.15, 0.2) is 71.8 Å². The van der Waals surface area contributed by atoms with E-state index in [0.29, 0.717) is 28.3 Å². The molecule has 2 N–H and O–H groups in total. The lowest BCUT2D eigenvalue weighted by molar-refractivity contribution is 0.0956. The van der Waals surface area contributed by atoms with E-state index in [4.69, 9.17) is 9.47 Å². The highest BCUT2D eigenvalue weighted by Crippen LogP contribution is 2.28. The van der Waals surface area contributed by atoms with Gasteiger partial charge in [0, 0.05) is 5.56 Å². The number of ether oxygens (including phenoxy) is 2. The molecule has 31 heavy (non-hydrogen) atoms. The Morgan fingerprint density at radius 2 is 1.61 bits per heavy atom. The van der Waals surface area contributed by atoms with Crippen LogP contribution in [0.25, 0.3) is 0 Å². The van der Waals surface area contributed by atoms with E-state index >= 15 is 0 Å². The third kappa shape index (κ3) is 5.45. The molecule has 3 aromatic carbocycles. The first kappa shape index (κ1) is 21.5. The summed E-state index contributed by atoms with van der Waals surface area (Å²) in [6.07, 6.45) is 1.39. The molecular formula is C23H20FN3O4. The lowest BCUT2D eigenvalue weighted by atomic mass is 10.1. The number of hydrazone groups is 1. The maximum atomic E-state index is 12.9. The number of amides is 2. The maximum absolute atomic E-state index is 12.9. The molecular weight excluding hydrogens is 401 g/mol. The van der Waals surface area contributed by atoms with Gasteiger partial charge in [0.05, 0.1) is 31.7 Å². The number of hydrogen-bond acceptors (Lipinski definition) is 5. The Labute approximate surface area is 178 Å². The number of benzene rings is 3. The van der Waals surface area contributed by atoms with Crippen molar-refractivity contribution in [1.29, 1.82) is 0 Å². The highest BCUT2D eigenvalue weighted by molar-refractivity contribution is 6.09. The summed E-state index contributed by atoms with van der Waals surface area (Å²) >= 11 is 0. The number of carbonyl (C=O) groups excluding carboxylic acids is 2. The summed E-state index contributed by atoms with van der Waals surface area (Å²) in [5, 5.41) is 6.60. The SMILES string of the molecule is COc1ccc(C(=O)Nc2ccccc2C(=O)N/N=C/c2ccc(F)cc2)cc1OC. The first-order valence-corrected chi connectivity index (χ1v) is 9.23. The molecule has 3 rings (SSSR count). The average molecular weight is 421 g/mol. The number of anilines is 1. The van der Waals surface area contributed by atoms with Gasteiger partial charge in [0.25, 0.3) is 11.8 Å². The zero-order valence-electron chi connectivity index (χ0n) is 16.9. The minimum Gasteiger partial charge on any atom is -0.493 e. The van der Waals surface area contributed by atoms with E-state index in [1.807, 2.05) is 0 Å². The highest BCUT2D eigenvalue weighted by atomic mass is 19.1. The van der Waals surface area contributed by atoms with Gasteiger partial charge in [-0.25, -0.2) is 9.82 Å². The van der Waals surface area contributed by atoms with Crippen molar-refractivity contribution in [3.05, 3.63) is 89.2 Å². The zero-order chi connectivity index (χ0) is 22.2. The summed E-state index contributed by atoms with van der Waals surface area (Å²) in [6.45, 7) is 0. The van der Waals surface area contributed by atoms with Gasteiger partial charge in [0.1, 0.15) is 5.82 Å². The Morgan fingerprint density at radius 1 is 0.903 bits per heavy atom. The molecule has 0 aromatic heterocycles. The van der Waals surface area contributed by atoms with Gasteiger partial charge in [-0.1, -0.05) is 24.3 Å². The summed E-state index contributed by atoms with van der Waals surface area (Å²) in [5.41, 5.74) is 3.90. The second kappa shape index (κ2) is 10.0. The third-order valence-corrected chi connectivity index (χ3v) is 4.32. The van der Waals surface area contributed by atoms with Gasteiger partial charge in [-0.05, 0) is 48.0 Å². The first-order chi connectivity index (χ1) is 15.0. The summed E-state index contributed by atoms with van der Waals surface area (Å²) in [4.78, 5) is 25.2. The van der Waals surface area contributed by atoms with Crippen molar-refractivity contribution in [2.24, 2.45) is 5.10 Å². The lowest BCUT2D eigenvalue weighted by Crippen LogP contribution is -2.21. The van der Waals surface area contributed by atoms with Gasteiger partial charge in [-0.2, -0.15) is 5.10 Å². The number of halogens is 1. The molecule has 7 nitrogen and oxygen atoms in total. The van der Waals surface area contributed by atoms with E-state index in [2.05, 4.69) is 15.8 Å². The molecule has 2 amide bonds. The van der Waals surface area contributed by atoms with Crippen LogP contribution < -0.4 is 20.2 Å². The molecule has 0 radical (unpaired) electrons. The Morgan fingerprint density at radius 3 is 2.32 bits per heavy atom. The molecule has 0 aliphatic rings. The number of hydrogen-bond donors (Lipinski definition) is 2. The number of para-hydroxylation sites is 1. The van der Waals surface area contributed by atoms with E-state index < -0.39 is 11.8 Å². The molecule has 0 saturated carbocycles. The zero-order valence-corrected chi connectivity index (χ0v) is 16.9. The fourth-order valence-corrected chi connectivity index (χ4v) is 2.74. The molecule has 0 bridgehead atoms. The smallest absolute Gasteiger partial charge is 0.273 e. The Balaban J connectivity index is 1.73. The minimum atomic E-state index is -0.512. The number of carbonyl (C=O) groups is 2. The fraction of sp³-hybridized carbons (Fsp3) is 0.0870. The van der Waals surface area contributed by atoms with E-state index in [1.165, 1.54) is 44.7 Å². The number of nitrogens with one attached hydrogen (secondary N) is 2. The van der Waals surface area contributed by atoms with Crippen molar-refractivity contribution < 1.29 is 23.5 Å². The summed E-state index contributed by atoms with van der Waals surface area (Å²) in [5.74, 6) is -0.382. The fourth-order valence-electron chi connectivity index (χ4n) is 2.74. The Bertz CT molecular complexity index is 1110. The van der Waals surface area contributed by atoms with Crippen LogP contribution in [0.1, 0.15) is 26.3 Å². The third-order valence-electron chi connectivity index (χ3n) is 4.32. The summed E-state index contributed by atoms with van der Waals surface area (Å²) in [6, 6.07) is 16.9. The molecule has 0 spiro atoms. The van der Waals surface area contributed by atoms with Crippen LogP contribution >= 0.6 is 0 Å². The first-order valence-electron chi connectivity index (χ1n) is 9.23. The molecule has 0 aliphatic heterocycles. The standard InChI is InChI=1S/C23H20FN3O4/c1-30-20-12-9-16(13-21(20)31-2)22(28)26-19-6-4-3-5-18(19)23(29)27-25-14-15-7-10-17(24)11-8-15/h3-14H,1-2H3,(H,26,28)(H,27,29)/b25-14+. The molecule has 0 atom stereocenters. The molecule has 0 saturated heterocycles. The van der Waals surface area contributed by atoms with Crippen LogP contribution in [0.4, 0.5) is 10.1 Å². The van der Waals surface area contributed by atoms with Crippen LogP contribution in [0.5, 0.6) is 11.5 Å². The van der Waals surface area contributed by atoms with E-state index in [1.54, 1.807) is 42.5 Å². The summed E-state index contributed by atoms with van der Waals surface area (Å²) < 4.78 is 23.3. The van der Waals surface area contributed by atoms with Crippen LogP contribution in [0.3, 0.4) is 0 Å². The summed E-state index contributed by atoms with van der Waals surface area (Å²) in [7, 11) is 2.98. The molecule has 0 fully saturated rings. The van der Waals surface area contributed by atoms with Crippen LogP contribution in [-0.4, -0.2) is 32.2 Å². The lowest BCUT2D eigenvalue weighted by Gasteiger charge is -2.12. The van der Waals surface area contributed by atoms with Gasteiger partial charge in [-0.15, -0.1) is 0 Å². The second-order valence-corrected chi connectivity index (χ2v) is 6.32. The van der Waals surface area contributed by atoms with Gasteiger partial charge < -0.3 is 14.8 Å². The largest absolute Gasteiger partial charge is 0.493 e. The van der Waals surface area contributed by atoms with E-state index in [9.17, 15) is 14.0 Å². The predicted molar refractivity (Wildman–Crippen MR) is 115 cm³/mol. The van der Waals surface area contributed by atoms with Crippen LogP contribution in [0.2, 0.25) is 0 Å². The number of rotatable bonds is 7. The van der Waals surface area contributed by atoms with Crippen LogP contribution in [0, 0.1) is 5.82 Å². The van der Waals surface area contributed by atoms with E-state index in [-0.39, 0.29) is 11.4 Å². The molecule has 0 unspecified atom stereocenters.